The second-order valence-electron chi connectivity index (χ2n) is 4.96. The van der Waals surface area contributed by atoms with Crippen LogP contribution in [0.15, 0.2) is 0 Å². The van der Waals surface area contributed by atoms with E-state index in [9.17, 15) is 9.59 Å². The lowest BCUT2D eigenvalue weighted by Crippen LogP contribution is -2.36. The molecule has 0 aromatic carbocycles. The lowest BCUT2D eigenvalue weighted by atomic mass is 9.97. The zero-order valence-corrected chi connectivity index (χ0v) is 10.0. The third kappa shape index (κ3) is 5.11. The van der Waals surface area contributed by atoms with Gasteiger partial charge in [-0.1, -0.05) is 0 Å². The minimum absolute atomic E-state index is 0.0785. The molecule has 0 spiro atoms. The van der Waals surface area contributed by atoms with Gasteiger partial charge in [0.15, 0.2) is 0 Å². The smallest absolute Gasteiger partial charge is 0.431 e. The maximum absolute atomic E-state index is 11.2. The van der Waals surface area contributed by atoms with Gasteiger partial charge in [0.1, 0.15) is 11.4 Å². The minimum atomic E-state index is -0.593. The molecule has 1 rings (SSSR count). The van der Waals surface area contributed by atoms with Crippen LogP contribution in [-0.4, -0.2) is 23.6 Å². The van der Waals surface area contributed by atoms with Crippen molar-refractivity contribution >= 4 is 11.9 Å². The van der Waals surface area contributed by atoms with Gasteiger partial charge in [-0.25, -0.2) is 4.79 Å². The van der Waals surface area contributed by atoms with Gasteiger partial charge in [0.2, 0.25) is 0 Å². The van der Waals surface area contributed by atoms with Crippen molar-refractivity contribution in [2.24, 2.45) is 0 Å². The van der Waals surface area contributed by atoms with Crippen molar-refractivity contribution in [3.8, 4) is 0 Å². The lowest BCUT2D eigenvalue weighted by molar-refractivity contribution is -0.124. The number of hydrogen-bond acceptors (Lipinski definition) is 4. The van der Waals surface area contributed by atoms with Crippen LogP contribution in [0, 0.1) is 0 Å². The van der Waals surface area contributed by atoms with Gasteiger partial charge >= 0.3 is 6.09 Å². The van der Waals surface area contributed by atoms with Crippen LogP contribution in [-0.2, 0) is 14.4 Å². The third-order valence-electron chi connectivity index (χ3n) is 2.20. The number of Topliss-reactive ketones (excluding diaryl/α,β-unsaturated/α-hetero) is 1. The number of carbonyl (C=O) groups is 2. The van der Waals surface area contributed by atoms with E-state index in [1.807, 2.05) is 0 Å². The highest BCUT2D eigenvalue weighted by Gasteiger charge is 2.21. The molecule has 0 bridgehead atoms. The summed E-state index contributed by atoms with van der Waals surface area (Å²) in [4.78, 5) is 27.4. The molecule has 0 radical (unpaired) electrons. The monoisotopic (exact) mass is 229 g/mol. The molecule has 1 aliphatic carbocycles. The van der Waals surface area contributed by atoms with E-state index in [2.05, 4.69) is 5.48 Å². The van der Waals surface area contributed by atoms with Crippen molar-refractivity contribution in [1.82, 2.24) is 5.48 Å². The molecule has 0 aromatic rings. The van der Waals surface area contributed by atoms with E-state index in [1.54, 1.807) is 20.8 Å². The topological polar surface area (TPSA) is 64.6 Å². The minimum Gasteiger partial charge on any atom is -0.442 e. The highest BCUT2D eigenvalue weighted by Crippen LogP contribution is 2.17. The van der Waals surface area contributed by atoms with Crippen LogP contribution in [0.2, 0.25) is 0 Å². The summed E-state index contributed by atoms with van der Waals surface area (Å²) in [7, 11) is 0. The predicted octanol–water partition coefficient (Wildman–Crippen LogP) is 1.95. The molecule has 92 valence electrons. The van der Waals surface area contributed by atoms with Crippen LogP contribution >= 0.6 is 0 Å². The molecular weight excluding hydrogens is 210 g/mol. The van der Waals surface area contributed by atoms with Crippen LogP contribution in [0.5, 0.6) is 0 Å². The van der Waals surface area contributed by atoms with Crippen LogP contribution in [0.1, 0.15) is 46.5 Å². The molecule has 5 heteroatoms. The SMILES string of the molecule is CC(C)(C)OC(=O)NOC1CCC(=O)CC1. The Bertz CT molecular complexity index is 260. The Morgan fingerprint density at radius 3 is 2.38 bits per heavy atom. The Morgan fingerprint density at radius 2 is 1.88 bits per heavy atom. The highest BCUT2D eigenvalue weighted by molar-refractivity contribution is 5.79. The number of hydrogen-bond donors (Lipinski definition) is 1. The first-order chi connectivity index (χ1) is 7.37. The molecule has 0 atom stereocenters. The Kier molecular flexibility index (Phi) is 4.29. The lowest BCUT2D eigenvalue weighted by Gasteiger charge is -2.23. The largest absolute Gasteiger partial charge is 0.442 e. The third-order valence-corrected chi connectivity index (χ3v) is 2.20. The first kappa shape index (κ1) is 13.0. The van der Waals surface area contributed by atoms with Gasteiger partial charge in [-0.3, -0.25) is 9.63 Å². The van der Waals surface area contributed by atoms with Crippen LogP contribution in [0.4, 0.5) is 4.79 Å². The zero-order chi connectivity index (χ0) is 12.2. The summed E-state index contributed by atoms with van der Waals surface area (Å²) in [6.45, 7) is 5.35. The van der Waals surface area contributed by atoms with Gasteiger partial charge in [-0.2, -0.15) is 5.48 Å². The van der Waals surface area contributed by atoms with Crippen molar-refractivity contribution in [3.05, 3.63) is 0 Å². The van der Waals surface area contributed by atoms with Gasteiger partial charge in [-0.15, -0.1) is 0 Å². The number of hydroxylamine groups is 1. The fraction of sp³-hybridized carbons (Fsp3) is 0.818. The van der Waals surface area contributed by atoms with E-state index in [-0.39, 0.29) is 11.9 Å². The Hall–Kier alpha value is -1.10. The van der Waals surface area contributed by atoms with Crippen LogP contribution < -0.4 is 5.48 Å². The summed E-state index contributed by atoms with van der Waals surface area (Å²) in [6.07, 6.45) is 1.71. The van der Waals surface area contributed by atoms with Gasteiger partial charge < -0.3 is 4.74 Å². The molecule has 1 saturated carbocycles. The molecule has 1 aliphatic rings. The first-order valence-electron chi connectivity index (χ1n) is 5.53. The summed E-state index contributed by atoms with van der Waals surface area (Å²) in [5.41, 5.74) is 1.72. The molecular formula is C11H19NO4. The molecule has 0 unspecified atom stereocenters. The maximum Gasteiger partial charge on any atom is 0.431 e. The molecule has 0 heterocycles. The van der Waals surface area contributed by atoms with Gasteiger partial charge in [-0.05, 0) is 33.6 Å². The summed E-state index contributed by atoms with van der Waals surface area (Å²) >= 11 is 0. The first-order valence-corrected chi connectivity index (χ1v) is 5.53. The predicted molar refractivity (Wildman–Crippen MR) is 57.7 cm³/mol. The summed E-state index contributed by atoms with van der Waals surface area (Å²) in [5, 5.41) is 0. The second-order valence-corrected chi connectivity index (χ2v) is 4.96. The molecule has 5 nitrogen and oxygen atoms in total. The number of amides is 1. The highest BCUT2D eigenvalue weighted by atomic mass is 16.7. The molecule has 16 heavy (non-hydrogen) atoms. The number of nitrogens with one attached hydrogen (secondary N) is 1. The van der Waals surface area contributed by atoms with Crippen molar-refractivity contribution in [1.29, 1.82) is 0 Å². The van der Waals surface area contributed by atoms with E-state index in [0.29, 0.717) is 25.7 Å². The van der Waals surface area contributed by atoms with E-state index in [0.717, 1.165) is 0 Å². The number of carbonyl (C=O) groups excluding carboxylic acids is 2. The quantitative estimate of drug-likeness (QED) is 0.735. The Morgan fingerprint density at radius 1 is 1.31 bits per heavy atom. The Labute approximate surface area is 95.4 Å². The van der Waals surface area contributed by atoms with E-state index >= 15 is 0 Å². The Balaban J connectivity index is 2.19. The zero-order valence-electron chi connectivity index (χ0n) is 10.0. The molecule has 1 fully saturated rings. The molecule has 1 N–H and O–H groups in total. The van der Waals surface area contributed by atoms with E-state index < -0.39 is 11.7 Å². The fourth-order valence-corrected chi connectivity index (χ4v) is 1.46. The standard InChI is InChI=1S/C11H19NO4/c1-11(2,3)15-10(14)12-16-9-6-4-8(13)5-7-9/h9H,4-7H2,1-3H3,(H,12,14). The number of rotatable bonds is 2. The van der Waals surface area contributed by atoms with Gasteiger partial charge in [0.05, 0.1) is 6.10 Å². The molecule has 0 saturated heterocycles. The maximum atomic E-state index is 11.2. The van der Waals surface area contributed by atoms with Gasteiger partial charge in [0, 0.05) is 12.8 Å². The van der Waals surface area contributed by atoms with E-state index in [4.69, 9.17) is 9.57 Å². The second kappa shape index (κ2) is 5.30. The summed E-state index contributed by atoms with van der Waals surface area (Å²) < 4.78 is 5.01. The fourth-order valence-electron chi connectivity index (χ4n) is 1.46. The normalized spacial score (nSPS) is 18.3. The van der Waals surface area contributed by atoms with Crippen LogP contribution in [0.3, 0.4) is 0 Å². The summed E-state index contributed by atoms with van der Waals surface area (Å²) in [5.74, 6) is 0.261. The number of ketones is 1. The van der Waals surface area contributed by atoms with Crippen LogP contribution in [0.25, 0.3) is 0 Å². The summed E-state index contributed by atoms with van der Waals surface area (Å²) in [6, 6.07) is 0. The molecule has 0 aliphatic heterocycles. The van der Waals surface area contributed by atoms with Crippen molar-refractivity contribution < 1.29 is 19.2 Å². The number of ether oxygens (including phenoxy) is 1. The van der Waals surface area contributed by atoms with Crippen molar-refractivity contribution in [2.75, 3.05) is 0 Å². The van der Waals surface area contributed by atoms with Gasteiger partial charge in [0.25, 0.3) is 0 Å². The van der Waals surface area contributed by atoms with Crippen molar-refractivity contribution in [2.45, 2.75) is 58.2 Å². The molecule has 0 aromatic heterocycles. The van der Waals surface area contributed by atoms with Crippen molar-refractivity contribution in [3.63, 3.8) is 0 Å². The average Bonchev–Trinajstić information content (AvgIpc) is 2.14. The molecule has 1 amide bonds. The average molecular weight is 229 g/mol. The van der Waals surface area contributed by atoms with E-state index in [1.165, 1.54) is 0 Å².